The fraction of sp³-hybridized carbons (Fsp3) is 0.100. The van der Waals surface area contributed by atoms with E-state index in [0.29, 0.717) is 11.4 Å². The summed E-state index contributed by atoms with van der Waals surface area (Å²) in [7, 11) is -3.58. The van der Waals surface area contributed by atoms with Gasteiger partial charge in [0.1, 0.15) is 17.5 Å². The lowest BCUT2D eigenvalue weighted by Gasteiger charge is -2.11. The van der Waals surface area contributed by atoms with Crippen molar-refractivity contribution < 1.29 is 12.8 Å². The number of anilines is 1. The summed E-state index contributed by atoms with van der Waals surface area (Å²) in [6, 6.07) is 6.70. The molecule has 29 heavy (non-hydrogen) atoms. The van der Waals surface area contributed by atoms with Crippen molar-refractivity contribution >= 4 is 21.4 Å². The maximum Gasteiger partial charge on any atom is 0.175 e. The van der Waals surface area contributed by atoms with E-state index in [1.165, 1.54) is 18.3 Å². The van der Waals surface area contributed by atoms with Gasteiger partial charge in [-0.25, -0.2) is 22.8 Å². The van der Waals surface area contributed by atoms with E-state index in [1.54, 1.807) is 19.1 Å². The van der Waals surface area contributed by atoms with Crippen LogP contribution in [0.3, 0.4) is 0 Å². The first-order valence-electron chi connectivity index (χ1n) is 8.22. The van der Waals surface area contributed by atoms with Crippen molar-refractivity contribution in [1.29, 1.82) is 0 Å². The van der Waals surface area contributed by atoms with Crippen LogP contribution in [0.2, 0.25) is 0 Å². The largest absolute Gasteiger partial charge is 0.401 e. The minimum Gasteiger partial charge on any atom is -0.401 e. The van der Waals surface area contributed by atoms with Crippen LogP contribution >= 0.6 is 0 Å². The molecule has 2 aromatic rings. The molecule has 0 aliphatic heterocycles. The Morgan fingerprint density at radius 2 is 1.93 bits per heavy atom. The summed E-state index contributed by atoms with van der Waals surface area (Å²) >= 11 is 0. The molecule has 6 N–H and O–H groups in total. The third kappa shape index (κ3) is 5.67. The van der Waals surface area contributed by atoms with Crippen LogP contribution in [0.25, 0.3) is 0 Å². The maximum atomic E-state index is 14.8. The number of hydrogen-bond donors (Lipinski definition) is 3. The zero-order valence-corrected chi connectivity index (χ0v) is 16.7. The molecule has 0 aliphatic carbocycles. The smallest absolute Gasteiger partial charge is 0.175 e. The molecule has 0 atom stereocenters. The molecule has 1 aromatic carbocycles. The molecule has 0 aliphatic rings. The number of aromatic nitrogens is 1. The molecule has 150 valence electrons. The quantitative estimate of drug-likeness (QED) is 0.515. The van der Waals surface area contributed by atoms with Crippen molar-refractivity contribution in [1.82, 2.24) is 4.98 Å². The zero-order valence-electron chi connectivity index (χ0n) is 15.9. The minimum absolute atomic E-state index is 0.0199. The van der Waals surface area contributed by atoms with Crippen LogP contribution < -0.4 is 17.2 Å². The average molecular weight is 413 g/mol. The van der Waals surface area contributed by atoms with E-state index in [2.05, 4.69) is 28.4 Å². The lowest BCUT2D eigenvalue weighted by atomic mass is 10.00. The van der Waals surface area contributed by atoms with Gasteiger partial charge in [0.05, 0.1) is 16.2 Å². The SMILES string of the molecule is C=C(N)N=C(/C(C#Cc1ccc(N)nc1)=C(/C)N)c1ccc(S(C)(=O)=O)cc1F. The Labute approximate surface area is 168 Å². The molecular formula is C20H20FN5O2S. The second-order valence-electron chi connectivity index (χ2n) is 6.15. The Balaban J connectivity index is 2.63. The Kier molecular flexibility index (Phi) is 6.41. The van der Waals surface area contributed by atoms with Gasteiger partial charge in [-0.1, -0.05) is 18.4 Å². The van der Waals surface area contributed by atoms with E-state index < -0.39 is 15.7 Å². The van der Waals surface area contributed by atoms with Crippen molar-refractivity contribution in [2.24, 2.45) is 16.5 Å². The number of benzene rings is 1. The van der Waals surface area contributed by atoms with E-state index in [-0.39, 0.29) is 33.3 Å². The summed E-state index contributed by atoms with van der Waals surface area (Å²) < 4.78 is 38.1. The van der Waals surface area contributed by atoms with Gasteiger partial charge in [-0.3, -0.25) is 0 Å². The van der Waals surface area contributed by atoms with Crippen LogP contribution in [0.4, 0.5) is 10.2 Å². The topological polar surface area (TPSA) is 137 Å². The Hall–Kier alpha value is -3.64. The van der Waals surface area contributed by atoms with Gasteiger partial charge in [0.15, 0.2) is 9.84 Å². The van der Waals surface area contributed by atoms with E-state index >= 15 is 0 Å². The van der Waals surface area contributed by atoms with Gasteiger partial charge in [0.2, 0.25) is 0 Å². The number of nitrogen functional groups attached to an aromatic ring is 1. The van der Waals surface area contributed by atoms with Crippen LogP contribution in [0.15, 0.2) is 70.1 Å². The summed E-state index contributed by atoms with van der Waals surface area (Å²) in [5.74, 6) is 5.13. The van der Waals surface area contributed by atoms with E-state index in [1.807, 2.05) is 0 Å². The minimum atomic E-state index is -3.58. The normalized spacial score (nSPS) is 12.6. The van der Waals surface area contributed by atoms with Gasteiger partial charge >= 0.3 is 0 Å². The van der Waals surface area contributed by atoms with Gasteiger partial charge in [0, 0.05) is 29.3 Å². The van der Waals surface area contributed by atoms with Gasteiger partial charge in [-0.05, 0) is 37.3 Å². The van der Waals surface area contributed by atoms with Crippen molar-refractivity contribution in [3.05, 3.63) is 77.1 Å². The molecule has 7 nitrogen and oxygen atoms in total. The molecule has 0 saturated heterocycles. The number of halogens is 1. The average Bonchev–Trinajstić information content (AvgIpc) is 2.61. The molecular weight excluding hydrogens is 393 g/mol. The van der Waals surface area contributed by atoms with Crippen molar-refractivity contribution in [2.75, 3.05) is 12.0 Å². The molecule has 1 heterocycles. The molecule has 0 saturated carbocycles. The number of allylic oxidation sites excluding steroid dienone is 2. The zero-order chi connectivity index (χ0) is 21.8. The van der Waals surface area contributed by atoms with Gasteiger partial charge in [-0.2, -0.15) is 0 Å². The summed E-state index contributed by atoms with van der Waals surface area (Å²) in [5.41, 5.74) is 18.2. The Morgan fingerprint density at radius 3 is 2.41 bits per heavy atom. The third-order valence-corrected chi connectivity index (χ3v) is 4.74. The number of aliphatic imine (C=N–C) groups is 1. The molecule has 0 bridgehead atoms. The second-order valence-corrected chi connectivity index (χ2v) is 8.16. The fourth-order valence-electron chi connectivity index (χ4n) is 2.27. The third-order valence-electron chi connectivity index (χ3n) is 3.63. The van der Waals surface area contributed by atoms with Crippen molar-refractivity contribution in [2.45, 2.75) is 11.8 Å². The second kappa shape index (κ2) is 8.58. The van der Waals surface area contributed by atoms with Crippen molar-refractivity contribution in [3.8, 4) is 11.8 Å². The standard InChI is InChI=1S/C20H20FN5O2S/c1-12(22)16(7-4-14-5-9-19(24)25-11-14)20(26-13(2)23)17-8-6-15(10-18(17)21)29(3,27)28/h5-6,8-11H,2,22-23H2,1,3H3,(H2,24,25)/b16-12-,26-20?. The highest BCUT2D eigenvalue weighted by molar-refractivity contribution is 7.90. The molecule has 0 fully saturated rings. The number of rotatable bonds is 4. The highest BCUT2D eigenvalue weighted by Gasteiger charge is 2.18. The number of hydrogen-bond acceptors (Lipinski definition) is 7. The highest BCUT2D eigenvalue weighted by Crippen LogP contribution is 2.20. The first kappa shape index (κ1) is 21.7. The first-order valence-corrected chi connectivity index (χ1v) is 10.1. The molecule has 0 radical (unpaired) electrons. The summed E-state index contributed by atoms with van der Waals surface area (Å²) in [4.78, 5) is 7.86. The summed E-state index contributed by atoms with van der Waals surface area (Å²) in [6.07, 6.45) is 2.46. The van der Waals surface area contributed by atoms with Crippen LogP contribution in [-0.2, 0) is 9.84 Å². The van der Waals surface area contributed by atoms with Crippen LogP contribution in [-0.4, -0.2) is 25.4 Å². The molecule has 1 aromatic heterocycles. The van der Waals surface area contributed by atoms with Crippen LogP contribution in [0, 0.1) is 17.7 Å². The van der Waals surface area contributed by atoms with Gasteiger partial charge in [-0.15, -0.1) is 0 Å². The predicted molar refractivity (Wildman–Crippen MR) is 112 cm³/mol. The van der Waals surface area contributed by atoms with Crippen LogP contribution in [0.1, 0.15) is 18.1 Å². The number of nitrogens with two attached hydrogens (primary N) is 3. The molecule has 0 amide bonds. The predicted octanol–water partition coefficient (Wildman–Crippen LogP) is 1.71. The highest BCUT2D eigenvalue weighted by atomic mass is 32.2. The molecule has 9 heteroatoms. The Morgan fingerprint density at radius 1 is 1.24 bits per heavy atom. The number of nitrogens with zero attached hydrogens (tertiary/aromatic N) is 2. The van der Waals surface area contributed by atoms with E-state index in [0.717, 1.165) is 12.3 Å². The fourth-order valence-corrected chi connectivity index (χ4v) is 2.90. The Bertz CT molecular complexity index is 1180. The molecule has 0 spiro atoms. The van der Waals surface area contributed by atoms with Crippen molar-refractivity contribution in [3.63, 3.8) is 0 Å². The van der Waals surface area contributed by atoms with Crippen LogP contribution in [0.5, 0.6) is 0 Å². The lowest BCUT2D eigenvalue weighted by Crippen LogP contribution is -2.14. The number of pyridine rings is 1. The molecule has 0 unspecified atom stereocenters. The lowest BCUT2D eigenvalue weighted by molar-refractivity contribution is 0.595. The monoisotopic (exact) mass is 413 g/mol. The molecule has 2 rings (SSSR count). The first-order chi connectivity index (χ1) is 13.5. The number of sulfone groups is 1. The van der Waals surface area contributed by atoms with Gasteiger partial charge in [0.25, 0.3) is 0 Å². The van der Waals surface area contributed by atoms with E-state index in [9.17, 15) is 12.8 Å². The summed E-state index contributed by atoms with van der Waals surface area (Å²) in [6.45, 7) is 5.09. The van der Waals surface area contributed by atoms with Gasteiger partial charge < -0.3 is 17.2 Å². The maximum absolute atomic E-state index is 14.8. The summed E-state index contributed by atoms with van der Waals surface area (Å²) in [5, 5.41) is 0. The van der Waals surface area contributed by atoms with E-state index in [4.69, 9.17) is 17.2 Å².